The second-order valence-electron chi connectivity index (χ2n) is 11.3. The van der Waals surface area contributed by atoms with Crippen molar-refractivity contribution in [2.75, 3.05) is 0 Å². The van der Waals surface area contributed by atoms with E-state index in [1.807, 2.05) is 36.4 Å². The monoisotopic (exact) mass is 527 g/mol. The highest BCUT2D eigenvalue weighted by molar-refractivity contribution is 5.89. The average Bonchev–Trinajstić information content (AvgIpc) is 3.26. The summed E-state index contributed by atoms with van der Waals surface area (Å²) in [6, 6.07) is 40.4. The predicted molar refractivity (Wildman–Crippen MR) is 167 cm³/mol. The van der Waals surface area contributed by atoms with Crippen molar-refractivity contribution in [3.05, 3.63) is 138 Å². The number of allylic oxidation sites excluding steroid dienone is 4. The van der Waals surface area contributed by atoms with Gasteiger partial charge in [-0.05, 0) is 64.5 Å². The number of hydrogen-bond donors (Lipinski definition) is 0. The van der Waals surface area contributed by atoms with E-state index >= 15 is 0 Å². The molecule has 0 atom stereocenters. The predicted octanol–water partition coefficient (Wildman–Crippen LogP) is 9.43. The van der Waals surface area contributed by atoms with Crippen molar-refractivity contribution < 1.29 is 0 Å². The zero-order chi connectivity index (χ0) is 28.0. The molecule has 0 amide bonds. The molecule has 0 fully saturated rings. The van der Waals surface area contributed by atoms with Crippen molar-refractivity contribution in [3.63, 3.8) is 0 Å². The minimum Gasteiger partial charge on any atom is -0.228 e. The third kappa shape index (κ3) is 4.29. The summed E-state index contributed by atoms with van der Waals surface area (Å²) in [6.45, 7) is 4.56. The standard InChI is InChI=1S/C38H29N3/c1-38(2)33-21-25(24-39)17-19-30(33)31-20-18-28(22-34(31)38)29-15-9-10-16-32(29)36-23-35(26-11-5-3-6-12-26)40-37(41-36)27-13-7-4-8-14-27/h3-16,18,20-23H,17,19H2,1-2H3. The number of nitrogens with zero attached hydrogens (tertiary/aromatic N) is 3. The Morgan fingerprint density at radius 2 is 1.29 bits per heavy atom. The molecule has 196 valence electrons. The van der Waals surface area contributed by atoms with Gasteiger partial charge in [-0.25, -0.2) is 9.97 Å². The Kier molecular flexibility index (Phi) is 5.98. The smallest absolute Gasteiger partial charge is 0.160 e. The van der Waals surface area contributed by atoms with Crippen LogP contribution >= 0.6 is 0 Å². The van der Waals surface area contributed by atoms with Gasteiger partial charge >= 0.3 is 0 Å². The molecule has 0 N–H and O–H groups in total. The first-order valence-electron chi connectivity index (χ1n) is 14.1. The van der Waals surface area contributed by atoms with Crippen LogP contribution in [0.2, 0.25) is 0 Å². The fourth-order valence-electron chi connectivity index (χ4n) is 6.31. The van der Waals surface area contributed by atoms with Gasteiger partial charge in [0.25, 0.3) is 0 Å². The first-order chi connectivity index (χ1) is 20.0. The van der Waals surface area contributed by atoms with Crippen LogP contribution in [0.1, 0.15) is 37.8 Å². The van der Waals surface area contributed by atoms with Gasteiger partial charge in [0.05, 0.1) is 17.5 Å². The third-order valence-electron chi connectivity index (χ3n) is 8.46. The summed E-state index contributed by atoms with van der Waals surface area (Å²) in [5.74, 6) is 0.712. The van der Waals surface area contributed by atoms with Crippen LogP contribution in [-0.2, 0) is 5.41 Å². The zero-order valence-corrected chi connectivity index (χ0v) is 23.2. The molecule has 4 aromatic carbocycles. The molecular formula is C38H29N3. The highest BCUT2D eigenvalue weighted by atomic mass is 14.9. The largest absolute Gasteiger partial charge is 0.228 e. The molecule has 2 aliphatic rings. The van der Waals surface area contributed by atoms with Crippen molar-refractivity contribution in [2.45, 2.75) is 32.1 Å². The zero-order valence-electron chi connectivity index (χ0n) is 23.2. The minimum atomic E-state index is -0.159. The molecule has 1 heterocycles. The van der Waals surface area contributed by atoms with Crippen LogP contribution in [0, 0.1) is 11.3 Å². The molecular weight excluding hydrogens is 498 g/mol. The van der Waals surface area contributed by atoms with Gasteiger partial charge in [-0.2, -0.15) is 5.26 Å². The lowest BCUT2D eigenvalue weighted by Gasteiger charge is -2.25. The highest BCUT2D eigenvalue weighted by Crippen LogP contribution is 2.52. The molecule has 1 aromatic heterocycles. The summed E-state index contributed by atoms with van der Waals surface area (Å²) in [5.41, 5.74) is 13.3. The van der Waals surface area contributed by atoms with E-state index in [2.05, 4.69) is 98.8 Å². The van der Waals surface area contributed by atoms with Crippen LogP contribution in [-0.4, -0.2) is 9.97 Å². The van der Waals surface area contributed by atoms with Crippen molar-refractivity contribution in [1.82, 2.24) is 9.97 Å². The fourth-order valence-corrected chi connectivity index (χ4v) is 6.31. The van der Waals surface area contributed by atoms with Gasteiger partial charge in [0, 0.05) is 27.7 Å². The number of fused-ring (bicyclic) bond motifs is 2. The Morgan fingerprint density at radius 3 is 2.02 bits per heavy atom. The van der Waals surface area contributed by atoms with E-state index in [4.69, 9.17) is 9.97 Å². The molecule has 7 rings (SSSR count). The molecule has 0 spiro atoms. The topological polar surface area (TPSA) is 49.6 Å². The van der Waals surface area contributed by atoms with E-state index in [0.717, 1.165) is 57.6 Å². The first-order valence-corrected chi connectivity index (χ1v) is 14.1. The van der Waals surface area contributed by atoms with Crippen molar-refractivity contribution in [2.24, 2.45) is 0 Å². The van der Waals surface area contributed by atoms with Crippen LogP contribution in [0.15, 0.2) is 126 Å². The lowest BCUT2D eigenvalue weighted by molar-refractivity contribution is 0.650. The van der Waals surface area contributed by atoms with E-state index in [9.17, 15) is 5.26 Å². The highest BCUT2D eigenvalue weighted by Gasteiger charge is 2.38. The van der Waals surface area contributed by atoms with Crippen LogP contribution in [0.3, 0.4) is 0 Å². The average molecular weight is 528 g/mol. The Labute approximate surface area is 241 Å². The second kappa shape index (κ2) is 9.84. The van der Waals surface area contributed by atoms with Gasteiger partial charge in [0.15, 0.2) is 5.82 Å². The Bertz CT molecular complexity index is 1850. The van der Waals surface area contributed by atoms with Crippen molar-refractivity contribution in [3.8, 4) is 51.1 Å². The van der Waals surface area contributed by atoms with Gasteiger partial charge in [-0.15, -0.1) is 0 Å². The summed E-state index contributed by atoms with van der Waals surface area (Å²) in [6.07, 6.45) is 3.87. The maximum absolute atomic E-state index is 9.56. The van der Waals surface area contributed by atoms with Gasteiger partial charge < -0.3 is 0 Å². The summed E-state index contributed by atoms with van der Waals surface area (Å²) < 4.78 is 0. The number of nitriles is 1. The van der Waals surface area contributed by atoms with Crippen molar-refractivity contribution in [1.29, 1.82) is 5.26 Å². The lowest BCUT2D eigenvalue weighted by atomic mass is 9.78. The molecule has 5 aromatic rings. The minimum absolute atomic E-state index is 0.159. The number of rotatable bonds is 4. The molecule has 0 saturated carbocycles. The Morgan fingerprint density at radius 1 is 0.634 bits per heavy atom. The second-order valence-corrected chi connectivity index (χ2v) is 11.3. The normalized spacial score (nSPS) is 15.1. The van der Waals surface area contributed by atoms with Crippen LogP contribution < -0.4 is 0 Å². The van der Waals surface area contributed by atoms with E-state index in [0.29, 0.717) is 5.82 Å². The summed E-state index contributed by atoms with van der Waals surface area (Å²) in [4.78, 5) is 10.1. The van der Waals surface area contributed by atoms with Crippen LogP contribution in [0.5, 0.6) is 0 Å². The summed E-state index contributed by atoms with van der Waals surface area (Å²) in [7, 11) is 0. The molecule has 0 aliphatic heterocycles. The maximum Gasteiger partial charge on any atom is 0.160 e. The van der Waals surface area contributed by atoms with E-state index in [-0.39, 0.29) is 5.41 Å². The molecule has 0 radical (unpaired) electrons. The van der Waals surface area contributed by atoms with Crippen LogP contribution in [0.25, 0.3) is 50.6 Å². The van der Waals surface area contributed by atoms with Crippen molar-refractivity contribution >= 4 is 5.57 Å². The lowest BCUT2D eigenvalue weighted by Crippen LogP contribution is -2.17. The first kappa shape index (κ1) is 24.9. The maximum atomic E-state index is 9.56. The molecule has 0 bridgehead atoms. The van der Waals surface area contributed by atoms with Gasteiger partial charge in [-0.3, -0.25) is 0 Å². The fraction of sp³-hybridized carbons (Fsp3) is 0.132. The molecule has 0 saturated heterocycles. The number of aromatic nitrogens is 2. The van der Waals surface area contributed by atoms with E-state index < -0.39 is 0 Å². The molecule has 3 heteroatoms. The SMILES string of the molecule is CC1(C)C2=C(CCC(C#N)=C2)c2ccc(-c3ccccc3-c3cc(-c4ccccc4)nc(-c4ccccc4)n3)cc21. The Balaban J connectivity index is 1.38. The van der Waals surface area contributed by atoms with Gasteiger partial charge in [-0.1, -0.05) is 111 Å². The summed E-state index contributed by atoms with van der Waals surface area (Å²) in [5, 5.41) is 9.56. The quantitative estimate of drug-likeness (QED) is 0.234. The van der Waals surface area contributed by atoms with E-state index in [1.54, 1.807) is 0 Å². The Hall–Kier alpha value is -5.07. The third-order valence-corrected chi connectivity index (χ3v) is 8.46. The molecule has 0 unspecified atom stereocenters. The van der Waals surface area contributed by atoms with Gasteiger partial charge in [0.1, 0.15) is 0 Å². The van der Waals surface area contributed by atoms with Crippen LogP contribution in [0.4, 0.5) is 0 Å². The van der Waals surface area contributed by atoms with E-state index in [1.165, 1.54) is 22.3 Å². The van der Waals surface area contributed by atoms with Gasteiger partial charge in [0.2, 0.25) is 0 Å². The number of hydrogen-bond acceptors (Lipinski definition) is 3. The molecule has 3 nitrogen and oxygen atoms in total. The summed E-state index contributed by atoms with van der Waals surface area (Å²) >= 11 is 0. The number of benzene rings is 4. The molecule has 41 heavy (non-hydrogen) atoms. The molecule has 2 aliphatic carbocycles.